The Labute approximate surface area is 162 Å². The summed E-state index contributed by atoms with van der Waals surface area (Å²) in [6, 6.07) is 13.1. The lowest BCUT2D eigenvalue weighted by molar-refractivity contribution is 0.0438. The lowest BCUT2D eigenvalue weighted by Gasteiger charge is -2.11. The Kier molecular flexibility index (Phi) is 5.57. The van der Waals surface area contributed by atoms with Crippen molar-refractivity contribution in [2.45, 2.75) is 18.4 Å². The zero-order valence-electron chi connectivity index (χ0n) is 15.6. The third kappa shape index (κ3) is 4.26. The number of rotatable bonds is 6. The number of carbonyl (C=O) groups is 1. The first kappa shape index (κ1) is 19.7. The Morgan fingerprint density at radius 2 is 1.82 bits per heavy atom. The van der Waals surface area contributed by atoms with E-state index in [0.717, 1.165) is 15.4 Å². The van der Waals surface area contributed by atoms with Crippen LogP contribution in [0, 0.1) is 6.92 Å². The van der Waals surface area contributed by atoms with Crippen molar-refractivity contribution in [1.29, 1.82) is 0 Å². The topological polar surface area (TPSA) is 103 Å². The number of hydrogen-bond donors (Lipinski definition) is 0. The maximum absolute atomic E-state index is 12.2. The molecule has 1 aromatic heterocycles. The van der Waals surface area contributed by atoms with Crippen molar-refractivity contribution >= 4 is 16.0 Å². The quantitative estimate of drug-likeness (QED) is 0.585. The van der Waals surface area contributed by atoms with Gasteiger partial charge in [-0.3, -0.25) is 0 Å². The Balaban J connectivity index is 1.65. The number of aromatic nitrogens is 2. The first-order valence-electron chi connectivity index (χ1n) is 8.36. The van der Waals surface area contributed by atoms with E-state index < -0.39 is 16.0 Å². The van der Waals surface area contributed by atoms with E-state index in [9.17, 15) is 13.2 Å². The molecule has 0 bridgehead atoms. The van der Waals surface area contributed by atoms with Gasteiger partial charge in [0.2, 0.25) is 15.9 Å². The molecule has 0 spiro atoms. The van der Waals surface area contributed by atoms with Crippen LogP contribution in [0.3, 0.4) is 0 Å². The average Bonchev–Trinajstić information content (AvgIpc) is 3.15. The number of hydrogen-bond acceptors (Lipinski definition) is 7. The van der Waals surface area contributed by atoms with Crippen LogP contribution in [0.2, 0.25) is 0 Å². The van der Waals surface area contributed by atoms with E-state index in [4.69, 9.17) is 9.15 Å². The SMILES string of the molecule is Cc1cccc(-c2nnc(COC(=O)c3ccc(S(=O)(=O)N(C)C)cc3)o2)c1. The van der Waals surface area contributed by atoms with Crippen molar-refractivity contribution in [2.24, 2.45) is 0 Å². The molecule has 0 aliphatic rings. The maximum atomic E-state index is 12.2. The number of carbonyl (C=O) groups excluding carboxylic acids is 1. The van der Waals surface area contributed by atoms with Crippen LogP contribution in [0.5, 0.6) is 0 Å². The number of benzene rings is 2. The highest BCUT2D eigenvalue weighted by atomic mass is 32.2. The fourth-order valence-electron chi connectivity index (χ4n) is 2.39. The Morgan fingerprint density at radius 3 is 2.46 bits per heavy atom. The molecule has 0 radical (unpaired) electrons. The molecule has 28 heavy (non-hydrogen) atoms. The highest BCUT2D eigenvalue weighted by molar-refractivity contribution is 7.89. The first-order chi connectivity index (χ1) is 13.3. The number of ether oxygens (including phenoxy) is 1. The molecule has 9 heteroatoms. The molecule has 2 aromatic carbocycles. The van der Waals surface area contributed by atoms with Crippen molar-refractivity contribution in [1.82, 2.24) is 14.5 Å². The molecular weight excluding hydrogens is 382 g/mol. The van der Waals surface area contributed by atoms with E-state index in [0.29, 0.717) is 5.89 Å². The van der Waals surface area contributed by atoms with Gasteiger partial charge in [-0.1, -0.05) is 17.7 Å². The monoisotopic (exact) mass is 401 g/mol. The highest BCUT2D eigenvalue weighted by Gasteiger charge is 2.18. The van der Waals surface area contributed by atoms with E-state index >= 15 is 0 Å². The second kappa shape index (κ2) is 7.91. The molecule has 0 unspecified atom stereocenters. The van der Waals surface area contributed by atoms with Gasteiger partial charge in [0, 0.05) is 19.7 Å². The van der Waals surface area contributed by atoms with Gasteiger partial charge in [-0.2, -0.15) is 0 Å². The fraction of sp³-hybridized carbons (Fsp3) is 0.211. The van der Waals surface area contributed by atoms with Gasteiger partial charge in [0.25, 0.3) is 5.89 Å². The lowest BCUT2D eigenvalue weighted by atomic mass is 10.1. The molecule has 146 valence electrons. The van der Waals surface area contributed by atoms with E-state index in [1.165, 1.54) is 38.4 Å². The zero-order valence-corrected chi connectivity index (χ0v) is 16.4. The smallest absolute Gasteiger partial charge is 0.338 e. The molecule has 0 aliphatic carbocycles. The van der Waals surface area contributed by atoms with Crippen LogP contribution < -0.4 is 0 Å². The number of sulfonamides is 1. The van der Waals surface area contributed by atoms with Gasteiger partial charge in [-0.15, -0.1) is 10.2 Å². The summed E-state index contributed by atoms with van der Waals surface area (Å²) < 4.78 is 35.9. The Bertz CT molecular complexity index is 1090. The van der Waals surface area contributed by atoms with Gasteiger partial charge in [0.05, 0.1) is 10.5 Å². The summed E-state index contributed by atoms with van der Waals surface area (Å²) >= 11 is 0. The van der Waals surface area contributed by atoms with Gasteiger partial charge >= 0.3 is 5.97 Å². The lowest BCUT2D eigenvalue weighted by Crippen LogP contribution is -2.22. The highest BCUT2D eigenvalue weighted by Crippen LogP contribution is 2.19. The maximum Gasteiger partial charge on any atom is 0.338 e. The Hall–Kier alpha value is -3.04. The minimum absolute atomic E-state index is 0.0914. The van der Waals surface area contributed by atoms with E-state index in [-0.39, 0.29) is 23.0 Å². The van der Waals surface area contributed by atoms with Crippen LogP contribution in [0.1, 0.15) is 21.8 Å². The predicted molar refractivity (Wildman–Crippen MR) is 101 cm³/mol. The van der Waals surface area contributed by atoms with Gasteiger partial charge in [0.1, 0.15) is 0 Å². The molecule has 0 N–H and O–H groups in total. The summed E-state index contributed by atoms with van der Waals surface area (Å²) in [5.74, 6) is -0.117. The predicted octanol–water partition coefficient (Wildman–Crippen LogP) is 2.65. The van der Waals surface area contributed by atoms with Crippen LogP contribution >= 0.6 is 0 Å². The molecule has 3 rings (SSSR count). The average molecular weight is 401 g/mol. The zero-order chi connectivity index (χ0) is 20.3. The van der Waals surface area contributed by atoms with E-state index in [2.05, 4.69) is 10.2 Å². The summed E-state index contributed by atoms with van der Waals surface area (Å²) in [6.45, 7) is 1.77. The van der Waals surface area contributed by atoms with Gasteiger partial charge in [-0.05, 0) is 43.3 Å². The van der Waals surface area contributed by atoms with Crippen LogP contribution in [-0.4, -0.2) is 43.0 Å². The summed E-state index contributed by atoms with van der Waals surface area (Å²) in [5, 5.41) is 7.83. The summed E-state index contributed by atoms with van der Waals surface area (Å²) in [4.78, 5) is 12.3. The second-order valence-electron chi connectivity index (χ2n) is 6.26. The fourth-order valence-corrected chi connectivity index (χ4v) is 3.29. The van der Waals surface area contributed by atoms with E-state index in [1.807, 2.05) is 31.2 Å². The van der Waals surface area contributed by atoms with Crippen molar-refractivity contribution < 1.29 is 22.4 Å². The third-order valence-corrected chi connectivity index (χ3v) is 5.76. The largest absolute Gasteiger partial charge is 0.452 e. The third-order valence-electron chi connectivity index (χ3n) is 3.93. The van der Waals surface area contributed by atoms with Gasteiger partial charge in [0.15, 0.2) is 6.61 Å². The molecule has 3 aromatic rings. The molecule has 0 aliphatic heterocycles. The van der Waals surface area contributed by atoms with Crippen LogP contribution in [0.25, 0.3) is 11.5 Å². The first-order valence-corrected chi connectivity index (χ1v) is 9.80. The number of esters is 1. The molecule has 1 heterocycles. The van der Waals surface area contributed by atoms with Crippen molar-refractivity contribution in [3.8, 4) is 11.5 Å². The summed E-state index contributed by atoms with van der Waals surface area (Å²) in [5.41, 5.74) is 2.06. The second-order valence-corrected chi connectivity index (χ2v) is 8.41. The Morgan fingerprint density at radius 1 is 1.11 bits per heavy atom. The van der Waals surface area contributed by atoms with Gasteiger partial charge < -0.3 is 9.15 Å². The summed E-state index contributed by atoms with van der Waals surface area (Å²) in [6.07, 6.45) is 0. The minimum Gasteiger partial charge on any atom is -0.452 e. The standard InChI is InChI=1S/C19H19N3O5S/c1-13-5-4-6-15(11-13)18-21-20-17(27-18)12-26-19(23)14-7-9-16(10-8-14)28(24,25)22(2)3/h4-11H,12H2,1-3H3. The van der Waals surface area contributed by atoms with Crippen molar-refractivity contribution in [3.63, 3.8) is 0 Å². The molecule has 0 atom stereocenters. The minimum atomic E-state index is -3.55. The van der Waals surface area contributed by atoms with E-state index in [1.54, 1.807) is 0 Å². The van der Waals surface area contributed by atoms with Crippen LogP contribution in [0.4, 0.5) is 0 Å². The molecular formula is C19H19N3O5S. The van der Waals surface area contributed by atoms with Gasteiger partial charge in [-0.25, -0.2) is 17.5 Å². The number of nitrogens with zero attached hydrogens (tertiary/aromatic N) is 3. The van der Waals surface area contributed by atoms with Crippen LogP contribution in [-0.2, 0) is 21.4 Å². The molecule has 0 saturated carbocycles. The number of aryl methyl sites for hydroxylation is 1. The van der Waals surface area contributed by atoms with Crippen molar-refractivity contribution in [2.75, 3.05) is 14.1 Å². The molecule has 0 fully saturated rings. The summed E-state index contributed by atoms with van der Waals surface area (Å²) in [7, 11) is -0.679. The molecule has 8 nitrogen and oxygen atoms in total. The van der Waals surface area contributed by atoms with Crippen molar-refractivity contribution in [3.05, 3.63) is 65.5 Å². The normalized spacial score (nSPS) is 11.6. The van der Waals surface area contributed by atoms with Crippen LogP contribution in [0.15, 0.2) is 57.8 Å². The molecule has 0 saturated heterocycles. The molecule has 0 amide bonds.